The number of nitrogens with one attached hydrogen (secondary N) is 1. The third kappa shape index (κ3) is 4.88. The maximum atomic E-state index is 12.5. The molecule has 1 amide bonds. The minimum atomic E-state index is -0.142. The summed E-state index contributed by atoms with van der Waals surface area (Å²) in [5.41, 5.74) is 1.77. The number of carbonyl (C=O) groups is 1. The van der Waals surface area contributed by atoms with Gasteiger partial charge in [-0.3, -0.25) is 9.59 Å². The fourth-order valence-corrected chi connectivity index (χ4v) is 5.33. The lowest BCUT2D eigenvalue weighted by atomic mass is 9.83. The number of ether oxygens (including phenoxy) is 2. The molecule has 2 aromatic rings. The summed E-state index contributed by atoms with van der Waals surface area (Å²) >= 11 is 7.01. The molecule has 3 heterocycles. The summed E-state index contributed by atoms with van der Waals surface area (Å²) in [5, 5.41) is 2.87. The van der Waals surface area contributed by atoms with Crippen molar-refractivity contribution in [1.29, 1.82) is 0 Å². The number of amides is 1. The number of thioether (sulfide) groups is 1. The first-order chi connectivity index (χ1) is 15.0. The normalized spacial score (nSPS) is 19.4. The van der Waals surface area contributed by atoms with Crippen LogP contribution in [0.3, 0.4) is 0 Å². The zero-order valence-corrected chi connectivity index (χ0v) is 19.1. The average Bonchev–Trinajstić information content (AvgIpc) is 2.77. The number of methoxy groups -OCH3 is 2. The van der Waals surface area contributed by atoms with Gasteiger partial charge in [0.15, 0.2) is 0 Å². The SMILES string of the molecule is COc1cc(NC(=O)CSC(=S)N2C[C@H]3C[C@@H](C2)c2cccc(=O)n2C3)cc(OC)c1. The number of aromatic nitrogens is 1. The van der Waals surface area contributed by atoms with Crippen molar-refractivity contribution in [1.82, 2.24) is 9.47 Å². The van der Waals surface area contributed by atoms with Crippen molar-refractivity contribution in [3.8, 4) is 11.5 Å². The molecule has 1 aromatic heterocycles. The zero-order valence-electron chi connectivity index (χ0n) is 17.5. The van der Waals surface area contributed by atoms with Crippen LogP contribution in [0.15, 0.2) is 41.2 Å². The molecule has 1 aromatic carbocycles. The van der Waals surface area contributed by atoms with Gasteiger partial charge in [0.1, 0.15) is 15.8 Å². The molecule has 0 saturated carbocycles. The van der Waals surface area contributed by atoms with Crippen molar-refractivity contribution < 1.29 is 14.3 Å². The highest BCUT2D eigenvalue weighted by Gasteiger charge is 2.35. The van der Waals surface area contributed by atoms with Gasteiger partial charge in [-0.15, -0.1) is 0 Å². The number of anilines is 1. The first kappa shape index (κ1) is 21.7. The summed E-state index contributed by atoms with van der Waals surface area (Å²) in [6.45, 7) is 2.33. The highest BCUT2D eigenvalue weighted by atomic mass is 32.2. The minimum absolute atomic E-state index is 0.0726. The van der Waals surface area contributed by atoms with Crippen LogP contribution in [-0.2, 0) is 11.3 Å². The number of carbonyl (C=O) groups excluding carboxylic acids is 1. The van der Waals surface area contributed by atoms with Crippen LogP contribution < -0.4 is 20.3 Å². The van der Waals surface area contributed by atoms with Crippen LogP contribution in [0.5, 0.6) is 11.5 Å². The molecule has 2 aliphatic rings. The van der Waals surface area contributed by atoms with E-state index in [1.807, 2.05) is 16.7 Å². The molecule has 0 unspecified atom stereocenters. The molecule has 164 valence electrons. The molecule has 4 rings (SSSR count). The Balaban J connectivity index is 1.34. The van der Waals surface area contributed by atoms with Crippen LogP contribution in [0.2, 0.25) is 0 Å². The van der Waals surface area contributed by atoms with E-state index in [0.29, 0.717) is 23.1 Å². The van der Waals surface area contributed by atoms with Crippen LogP contribution in [-0.4, -0.2) is 52.8 Å². The predicted molar refractivity (Wildman–Crippen MR) is 126 cm³/mol. The van der Waals surface area contributed by atoms with Crippen molar-refractivity contribution in [3.63, 3.8) is 0 Å². The minimum Gasteiger partial charge on any atom is -0.497 e. The van der Waals surface area contributed by atoms with Gasteiger partial charge in [0.05, 0.1) is 20.0 Å². The molecular weight excluding hydrogens is 434 g/mol. The second-order valence-corrected chi connectivity index (χ2v) is 9.42. The van der Waals surface area contributed by atoms with E-state index >= 15 is 0 Å². The number of hydrogen-bond donors (Lipinski definition) is 1. The van der Waals surface area contributed by atoms with E-state index in [2.05, 4.69) is 10.2 Å². The lowest BCUT2D eigenvalue weighted by molar-refractivity contribution is -0.113. The maximum Gasteiger partial charge on any atom is 0.250 e. The van der Waals surface area contributed by atoms with Crippen molar-refractivity contribution in [2.45, 2.75) is 18.9 Å². The number of nitrogens with zero attached hydrogens (tertiary/aromatic N) is 2. The quantitative estimate of drug-likeness (QED) is 0.689. The number of thiocarbonyl (C=S) groups is 1. The number of piperidine rings is 1. The summed E-state index contributed by atoms with van der Waals surface area (Å²) in [7, 11) is 3.13. The van der Waals surface area contributed by atoms with E-state index in [9.17, 15) is 9.59 Å². The van der Waals surface area contributed by atoms with Crippen molar-refractivity contribution in [2.24, 2.45) is 5.92 Å². The van der Waals surface area contributed by atoms with Crippen molar-refractivity contribution >= 4 is 39.9 Å². The summed E-state index contributed by atoms with van der Waals surface area (Å²) in [6, 6.07) is 10.7. The molecule has 0 radical (unpaired) electrons. The van der Waals surface area contributed by atoms with Gasteiger partial charge in [0.25, 0.3) is 5.56 Å². The van der Waals surface area contributed by atoms with Gasteiger partial charge in [0, 0.05) is 61.2 Å². The number of rotatable bonds is 5. The summed E-state index contributed by atoms with van der Waals surface area (Å²) in [4.78, 5) is 26.8. The van der Waals surface area contributed by atoms with Crippen LogP contribution in [0.1, 0.15) is 18.0 Å². The van der Waals surface area contributed by atoms with Crippen molar-refractivity contribution in [2.75, 3.05) is 38.4 Å². The monoisotopic (exact) mass is 459 g/mol. The Kier molecular flexibility index (Phi) is 6.52. The molecule has 1 N–H and O–H groups in total. The second-order valence-electron chi connectivity index (χ2n) is 7.81. The molecule has 2 atom stereocenters. The Morgan fingerprint density at radius 1 is 1.16 bits per heavy atom. The fourth-order valence-electron chi connectivity index (χ4n) is 4.34. The molecule has 2 aliphatic heterocycles. The van der Waals surface area contributed by atoms with Gasteiger partial charge < -0.3 is 24.3 Å². The molecule has 7 nitrogen and oxygen atoms in total. The van der Waals surface area contributed by atoms with Crippen LogP contribution in [0.4, 0.5) is 5.69 Å². The topological polar surface area (TPSA) is 72.8 Å². The van der Waals surface area contributed by atoms with Gasteiger partial charge in [-0.2, -0.15) is 0 Å². The number of fused-ring (bicyclic) bond motifs is 4. The average molecular weight is 460 g/mol. The first-order valence-corrected chi connectivity index (χ1v) is 11.5. The third-order valence-corrected chi connectivity index (χ3v) is 7.22. The molecule has 1 saturated heterocycles. The van der Waals surface area contributed by atoms with E-state index in [-0.39, 0.29) is 23.1 Å². The lowest BCUT2D eigenvalue weighted by Crippen LogP contribution is -2.48. The van der Waals surface area contributed by atoms with Crippen molar-refractivity contribution in [3.05, 3.63) is 52.4 Å². The Morgan fingerprint density at radius 2 is 1.90 bits per heavy atom. The number of pyridine rings is 1. The summed E-state index contributed by atoms with van der Waals surface area (Å²) in [6.07, 6.45) is 1.07. The Hall–Kier alpha value is -2.52. The maximum absolute atomic E-state index is 12.5. The molecule has 0 aliphatic carbocycles. The van der Waals surface area contributed by atoms with Crippen LogP contribution >= 0.6 is 24.0 Å². The van der Waals surface area contributed by atoms with Gasteiger partial charge in [-0.1, -0.05) is 30.0 Å². The number of benzene rings is 1. The van der Waals surface area contributed by atoms with Crippen LogP contribution in [0.25, 0.3) is 0 Å². The third-order valence-electron chi connectivity index (χ3n) is 5.70. The molecule has 1 fully saturated rings. The molecule has 9 heteroatoms. The highest BCUT2D eigenvalue weighted by Crippen LogP contribution is 2.36. The van der Waals surface area contributed by atoms with E-state index in [1.165, 1.54) is 11.8 Å². The van der Waals surface area contributed by atoms with E-state index in [4.69, 9.17) is 21.7 Å². The smallest absolute Gasteiger partial charge is 0.250 e. The molecule has 2 bridgehead atoms. The molecule has 31 heavy (non-hydrogen) atoms. The van der Waals surface area contributed by atoms with Gasteiger partial charge in [-0.25, -0.2) is 0 Å². The summed E-state index contributed by atoms with van der Waals surface area (Å²) in [5.74, 6) is 1.98. The van der Waals surface area contributed by atoms with E-state index < -0.39 is 0 Å². The van der Waals surface area contributed by atoms with Gasteiger partial charge >= 0.3 is 0 Å². The van der Waals surface area contributed by atoms with Gasteiger partial charge in [-0.05, 0) is 18.4 Å². The fraction of sp³-hybridized carbons (Fsp3) is 0.409. The predicted octanol–water partition coefficient (Wildman–Crippen LogP) is 2.94. The van der Waals surface area contributed by atoms with E-state index in [0.717, 1.165) is 36.1 Å². The Morgan fingerprint density at radius 3 is 2.61 bits per heavy atom. The molecular formula is C22H25N3O4S2. The highest BCUT2D eigenvalue weighted by molar-refractivity contribution is 8.23. The van der Waals surface area contributed by atoms with Gasteiger partial charge in [0.2, 0.25) is 5.91 Å². The molecule has 0 spiro atoms. The Labute approximate surface area is 190 Å². The van der Waals surface area contributed by atoms with Crippen LogP contribution in [0, 0.1) is 5.92 Å². The summed E-state index contributed by atoms with van der Waals surface area (Å²) < 4.78 is 13.1. The number of likely N-dealkylation sites (tertiary alicyclic amines) is 1. The zero-order chi connectivity index (χ0) is 22.0. The van der Waals surface area contributed by atoms with E-state index in [1.54, 1.807) is 38.5 Å². The Bertz CT molecular complexity index is 1030. The largest absolute Gasteiger partial charge is 0.497 e. The standard InChI is InChI=1S/C22H25N3O4S2/c1-28-17-7-16(8-18(9-17)29-2)23-20(26)13-31-22(30)24-10-14-6-15(12-24)19-4-3-5-21(27)25(19)11-14/h3-5,7-9,14-15H,6,10-13H2,1-2H3,(H,23,26)/t14-,15+/m1/s1. The second kappa shape index (κ2) is 9.32. The first-order valence-electron chi connectivity index (χ1n) is 10.1. The number of hydrogen-bond acceptors (Lipinski definition) is 6. The lowest BCUT2D eigenvalue weighted by Gasteiger charge is -2.43.